The average Bonchev–Trinajstić information content (AvgIpc) is 3.01. The molecule has 5 nitrogen and oxygen atoms in total. The number of benzene rings is 1. The highest BCUT2D eigenvalue weighted by Crippen LogP contribution is 2.34. The quantitative estimate of drug-likeness (QED) is 0.325. The van der Waals surface area contributed by atoms with Crippen LogP contribution in [-0.4, -0.2) is 58.5 Å². The van der Waals surface area contributed by atoms with Gasteiger partial charge in [-0.05, 0) is 41.9 Å². The monoisotopic (exact) mass is 436 g/mol. The Labute approximate surface area is 184 Å². The lowest BCUT2D eigenvalue weighted by molar-refractivity contribution is -0.121. The number of rotatable bonds is 13. The van der Waals surface area contributed by atoms with Crippen LogP contribution in [0.5, 0.6) is 0 Å². The van der Waals surface area contributed by atoms with Crippen molar-refractivity contribution < 1.29 is 24.9 Å². The summed E-state index contributed by atoms with van der Waals surface area (Å²) in [5, 5.41) is 29.9. The molecule has 0 bridgehead atoms. The first-order chi connectivity index (χ1) is 14.5. The summed E-state index contributed by atoms with van der Waals surface area (Å²) in [5.74, 6) is 1.43. The van der Waals surface area contributed by atoms with E-state index in [0.717, 1.165) is 41.9 Å². The van der Waals surface area contributed by atoms with Gasteiger partial charge in [-0.25, -0.2) is 0 Å². The van der Waals surface area contributed by atoms with Crippen LogP contribution in [0, 0.1) is 11.8 Å². The molecular weight excluding hydrogens is 400 g/mol. The fraction of sp³-hybridized carbons (Fsp3) is 0.625. The second kappa shape index (κ2) is 13.3. The summed E-state index contributed by atoms with van der Waals surface area (Å²) in [6.07, 6.45) is 4.92. The van der Waals surface area contributed by atoms with Crippen LogP contribution in [-0.2, 0) is 16.1 Å². The zero-order chi connectivity index (χ0) is 21.9. The van der Waals surface area contributed by atoms with Gasteiger partial charge >= 0.3 is 0 Å². The van der Waals surface area contributed by atoms with Gasteiger partial charge < -0.3 is 20.1 Å². The van der Waals surface area contributed by atoms with Crippen molar-refractivity contribution >= 4 is 17.5 Å². The van der Waals surface area contributed by atoms with Crippen molar-refractivity contribution in [1.29, 1.82) is 0 Å². The van der Waals surface area contributed by atoms with Gasteiger partial charge in [0.25, 0.3) is 0 Å². The molecule has 1 unspecified atom stereocenters. The predicted molar refractivity (Wildman–Crippen MR) is 122 cm³/mol. The number of Topliss-reactive ketones (excluding diaryl/α,β-unsaturated/α-hetero) is 1. The Bertz CT molecular complexity index is 677. The van der Waals surface area contributed by atoms with Gasteiger partial charge in [-0.3, -0.25) is 4.79 Å². The maximum atomic E-state index is 12.3. The first-order valence-electron chi connectivity index (χ1n) is 10.8. The Balaban J connectivity index is 1.94. The number of unbranched alkanes of at least 4 members (excludes halogenated alkanes) is 1. The van der Waals surface area contributed by atoms with Gasteiger partial charge in [0.1, 0.15) is 5.78 Å². The summed E-state index contributed by atoms with van der Waals surface area (Å²) in [6, 6.07) is 7.99. The van der Waals surface area contributed by atoms with Crippen LogP contribution in [0.1, 0.15) is 49.7 Å². The zero-order valence-corrected chi connectivity index (χ0v) is 18.9. The molecule has 1 saturated carbocycles. The van der Waals surface area contributed by atoms with Crippen molar-refractivity contribution in [1.82, 2.24) is 0 Å². The van der Waals surface area contributed by atoms with Crippen LogP contribution in [0.3, 0.4) is 0 Å². The Kier molecular flexibility index (Phi) is 11.1. The first kappa shape index (κ1) is 25.1. The van der Waals surface area contributed by atoms with Crippen molar-refractivity contribution in [3.05, 3.63) is 47.5 Å². The Hall–Kier alpha value is -1.18. The van der Waals surface area contributed by atoms with E-state index in [0.29, 0.717) is 6.61 Å². The molecule has 0 heterocycles. The van der Waals surface area contributed by atoms with E-state index in [9.17, 15) is 15.0 Å². The summed E-state index contributed by atoms with van der Waals surface area (Å²) in [5.41, 5.74) is 2.09. The molecule has 5 atom stereocenters. The Morgan fingerprint density at radius 1 is 1.30 bits per heavy atom. The Morgan fingerprint density at radius 3 is 2.83 bits per heavy atom. The van der Waals surface area contributed by atoms with Gasteiger partial charge in [-0.1, -0.05) is 43.3 Å². The highest BCUT2D eigenvalue weighted by molar-refractivity contribution is 7.99. The molecule has 0 spiro atoms. The van der Waals surface area contributed by atoms with Crippen LogP contribution in [0.4, 0.5) is 0 Å². The topological polar surface area (TPSA) is 87.0 Å². The predicted octanol–water partition coefficient (Wildman–Crippen LogP) is 3.32. The molecule has 0 aliphatic heterocycles. The van der Waals surface area contributed by atoms with E-state index in [2.05, 4.69) is 0 Å². The minimum absolute atomic E-state index is 0.104. The van der Waals surface area contributed by atoms with Gasteiger partial charge in [0.15, 0.2) is 0 Å². The standard InChI is InChI=1S/C24H36O5S/c1-17(19-7-5-6-18(14-19)16-29-2)22(26)9-8-20-21(24(28)15-23(20)27)10-13-30-12-4-3-11-25/h5-9,14,17,20-23,25-27H,3-4,10-13,15-16H2,1-2H3/t17?,20-,21-,22-,23-/m1/s1. The lowest BCUT2D eigenvalue weighted by Gasteiger charge is -2.20. The van der Waals surface area contributed by atoms with E-state index >= 15 is 0 Å². The lowest BCUT2D eigenvalue weighted by atomic mass is 9.89. The highest BCUT2D eigenvalue weighted by atomic mass is 32.2. The van der Waals surface area contributed by atoms with E-state index in [1.807, 2.05) is 37.3 Å². The van der Waals surface area contributed by atoms with Gasteiger partial charge in [0, 0.05) is 37.9 Å². The molecular formula is C24H36O5S. The lowest BCUT2D eigenvalue weighted by Crippen LogP contribution is -2.21. The van der Waals surface area contributed by atoms with Crippen molar-refractivity contribution in [3.63, 3.8) is 0 Å². The van der Waals surface area contributed by atoms with Crippen molar-refractivity contribution in [3.8, 4) is 0 Å². The van der Waals surface area contributed by atoms with Gasteiger partial charge in [-0.15, -0.1) is 0 Å². The molecule has 168 valence electrons. The van der Waals surface area contributed by atoms with E-state index in [-0.39, 0.29) is 36.6 Å². The third-order valence-corrected chi connectivity index (χ3v) is 6.94. The van der Waals surface area contributed by atoms with Crippen molar-refractivity contribution in [2.75, 3.05) is 25.2 Å². The normalized spacial score (nSPS) is 23.9. The van der Waals surface area contributed by atoms with Gasteiger partial charge in [-0.2, -0.15) is 11.8 Å². The van der Waals surface area contributed by atoms with Crippen LogP contribution < -0.4 is 0 Å². The summed E-state index contributed by atoms with van der Waals surface area (Å²) >= 11 is 1.79. The maximum absolute atomic E-state index is 12.3. The molecule has 0 radical (unpaired) electrons. The van der Waals surface area contributed by atoms with Crippen molar-refractivity contribution in [2.24, 2.45) is 11.8 Å². The average molecular weight is 437 g/mol. The fourth-order valence-corrected chi connectivity index (χ4v) is 4.99. The number of hydrogen-bond donors (Lipinski definition) is 3. The second-order valence-corrected chi connectivity index (χ2v) is 9.32. The largest absolute Gasteiger partial charge is 0.396 e. The fourth-order valence-electron chi connectivity index (χ4n) is 3.96. The van der Waals surface area contributed by atoms with E-state index < -0.39 is 12.2 Å². The molecule has 2 rings (SSSR count). The number of methoxy groups -OCH3 is 1. The number of hydrogen-bond acceptors (Lipinski definition) is 6. The first-order valence-corrected chi connectivity index (χ1v) is 12.0. The number of thioether (sulfide) groups is 1. The third-order valence-electron chi connectivity index (χ3n) is 5.83. The molecule has 0 saturated heterocycles. The number of ketones is 1. The van der Waals surface area contributed by atoms with Crippen LogP contribution in [0.15, 0.2) is 36.4 Å². The molecule has 6 heteroatoms. The smallest absolute Gasteiger partial charge is 0.139 e. The SMILES string of the molecule is COCc1cccc(C(C)[C@H](O)C=C[C@H]2[C@H](O)CC(=O)[C@@H]2CCSCCCCO)c1. The second-order valence-electron chi connectivity index (χ2n) is 8.10. The molecule has 1 aliphatic carbocycles. The zero-order valence-electron chi connectivity index (χ0n) is 18.1. The van der Waals surface area contributed by atoms with E-state index in [1.54, 1.807) is 24.9 Å². The summed E-state index contributed by atoms with van der Waals surface area (Å²) in [4.78, 5) is 12.3. The summed E-state index contributed by atoms with van der Waals surface area (Å²) < 4.78 is 5.18. The molecule has 1 aromatic rings. The molecule has 30 heavy (non-hydrogen) atoms. The number of carbonyl (C=O) groups excluding carboxylic acids is 1. The summed E-state index contributed by atoms with van der Waals surface area (Å²) in [6.45, 7) is 2.72. The highest BCUT2D eigenvalue weighted by Gasteiger charge is 2.39. The molecule has 1 aliphatic rings. The number of aliphatic hydroxyl groups excluding tert-OH is 3. The van der Waals surface area contributed by atoms with Crippen molar-refractivity contribution in [2.45, 2.75) is 57.3 Å². The van der Waals surface area contributed by atoms with Crippen LogP contribution in [0.2, 0.25) is 0 Å². The Morgan fingerprint density at radius 2 is 2.10 bits per heavy atom. The number of ether oxygens (including phenoxy) is 1. The maximum Gasteiger partial charge on any atom is 0.139 e. The van der Waals surface area contributed by atoms with Gasteiger partial charge in [0.05, 0.1) is 18.8 Å². The molecule has 0 amide bonds. The van der Waals surface area contributed by atoms with Gasteiger partial charge in [0.2, 0.25) is 0 Å². The number of carbonyl (C=O) groups is 1. The molecule has 3 N–H and O–H groups in total. The van der Waals surface area contributed by atoms with Crippen LogP contribution >= 0.6 is 11.8 Å². The molecule has 1 fully saturated rings. The number of aliphatic hydroxyl groups is 3. The minimum Gasteiger partial charge on any atom is -0.396 e. The van der Waals surface area contributed by atoms with E-state index in [4.69, 9.17) is 9.84 Å². The van der Waals surface area contributed by atoms with Crippen LogP contribution in [0.25, 0.3) is 0 Å². The third kappa shape index (κ3) is 7.50. The summed E-state index contributed by atoms with van der Waals surface area (Å²) in [7, 11) is 1.66. The minimum atomic E-state index is -0.695. The molecule has 0 aromatic heterocycles. The van der Waals surface area contributed by atoms with E-state index in [1.165, 1.54) is 0 Å². The molecule has 1 aromatic carbocycles.